The summed E-state index contributed by atoms with van der Waals surface area (Å²) in [6, 6.07) is 4.38. The lowest BCUT2D eigenvalue weighted by molar-refractivity contribution is -0.331. The number of benzene rings is 1. The van der Waals surface area contributed by atoms with E-state index in [9.17, 15) is 15.0 Å². The Bertz CT molecular complexity index is 1130. The minimum atomic E-state index is -1.08. The Morgan fingerprint density at radius 3 is 2.45 bits per heavy atom. The molecule has 0 aromatic heterocycles. The number of fused-ring (bicyclic) bond motifs is 1. The van der Waals surface area contributed by atoms with Crippen molar-refractivity contribution in [2.24, 2.45) is 28.6 Å². The van der Waals surface area contributed by atoms with Crippen molar-refractivity contribution in [3.05, 3.63) is 34.4 Å². The second-order valence-electron chi connectivity index (χ2n) is 15.0. The summed E-state index contributed by atoms with van der Waals surface area (Å²) in [6.07, 6.45) is 1.46. The summed E-state index contributed by atoms with van der Waals surface area (Å²) in [4.78, 5) is 12.0. The van der Waals surface area contributed by atoms with E-state index in [1.54, 1.807) is 0 Å². The number of carbonyl (C=O) groups is 1. The van der Waals surface area contributed by atoms with E-state index < -0.39 is 17.3 Å². The minimum Gasteiger partial charge on any atom is -0.462 e. The summed E-state index contributed by atoms with van der Waals surface area (Å²) in [7, 11) is 0. The van der Waals surface area contributed by atoms with Gasteiger partial charge in [-0.15, -0.1) is 0 Å². The summed E-state index contributed by atoms with van der Waals surface area (Å²) in [5.74, 6) is -0.681. The highest BCUT2D eigenvalue weighted by atomic mass is 16.7. The van der Waals surface area contributed by atoms with Gasteiger partial charge in [-0.05, 0) is 65.2 Å². The average Bonchev–Trinajstić information content (AvgIpc) is 3.10. The molecule has 0 unspecified atom stereocenters. The molecule has 1 saturated heterocycles. The highest BCUT2D eigenvalue weighted by Gasteiger charge is 2.75. The van der Waals surface area contributed by atoms with Crippen LogP contribution in [0.4, 0.5) is 0 Å². The molecule has 2 saturated carbocycles. The van der Waals surface area contributed by atoms with Crippen LogP contribution in [0.3, 0.4) is 0 Å². The smallest absolute Gasteiger partial charge is 0.302 e. The van der Waals surface area contributed by atoms with Crippen LogP contribution in [0.15, 0.2) is 12.1 Å². The van der Waals surface area contributed by atoms with Gasteiger partial charge in [-0.1, -0.05) is 60.6 Å². The highest BCUT2D eigenvalue weighted by Crippen LogP contribution is 2.69. The Hall–Kier alpha value is -1.47. The van der Waals surface area contributed by atoms with Gasteiger partial charge in [0.05, 0.1) is 25.4 Å². The number of esters is 1. The molecule has 0 radical (unpaired) electrons. The van der Waals surface area contributed by atoms with Gasteiger partial charge < -0.3 is 24.4 Å². The summed E-state index contributed by atoms with van der Waals surface area (Å²) in [6.45, 7) is 19.7. The van der Waals surface area contributed by atoms with Gasteiger partial charge in [-0.2, -0.15) is 0 Å². The first-order valence-electron chi connectivity index (χ1n) is 14.4. The van der Waals surface area contributed by atoms with E-state index in [1.165, 1.54) is 18.1 Å². The zero-order valence-corrected chi connectivity index (χ0v) is 24.8. The topological polar surface area (TPSA) is 85.2 Å². The third-order valence-corrected chi connectivity index (χ3v) is 10.9. The molecule has 0 spiro atoms. The lowest BCUT2D eigenvalue weighted by atomic mass is 9.54. The fraction of sp³-hybridized carbons (Fsp3) is 0.781. The van der Waals surface area contributed by atoms with Crippen LogP contribution in [0.25, 0.3) is 0 Å². The number of rotatable bonds is 5. The van der Waals surface area contributed by atoms with E-state index in [2.05, 4.69) is 67.5 Å². The van der Waals surface area contributed by atoms with Gasteiger partial charge in [-0.25, -0.2) is 0 Å². The van der Waals surface area contributed by atoms with Gasteiger partial charge in [0.25, 0.3) is 0 Å². The van der Waals surface area contributed by atoms with E-state index in [1.807, 2.05) is 0 Å². The van der Waals surface area contributed by atoms with Gasteiger partial charge in [0, 0.05) is 29.6 Å². The maximum atomic E-state index is 12.7. The molecule has 1 aliphatic heterocycles. The number of hydrogen-bond acceptors (Lipinski definition) is 6. The number of hydrogen-bond donors (Lipinski definition) is 2. The summed E-state index contributed by atoms with van der Waals surface area (Å²) >= 11 is 0. The van der Waals surface area contributed by atoms with Gasteiger partial charge in [0.15, 0.2) is 6.29 Å². The molecule has 5 rings (SSSR count). The number of ether oxygens (including phenoxy) is 3. The normalized spacial score (nSPS) is 42.4. The maximum absolute atomic E-state index is 12.7. The zero-order valence-electron chi connectivity index (χ0n) is 24.8. The first-order chi connectivity index (χ1) is 17.5. The van der Waals surface area contributed by atoms with Crippen LogP contribution in [0, 0.1) is 35.5 Å². The fourth-order valence-electron chi connectivity index (χ4n) is 9.85. The molecule has 6 nitrogen and oxygen atoms in total. The lowest BCUT2D eigenvalue weighted by Crippen LogP contribution is -2.69. The van der Waals surface area contributed by atoms with E-state index in [-0.39, 0.29) is 52.7 Å². The van der Waals surface area contributed by atoms with Crippen molar-refractivity contribution in [2.45, 2.75) is 117 Å². The molecule has 212 valence electrons. The number of aryl methyl sites for hydroxylation is 1. The predicted molar refractivity (Wildman–Crippen MR) is 146 cm³/mol. The molecular formula is C32H48O6. The van der Waals surface area contributed by atoms with Crippen LogP contribution in [0.5, 0.6) is 0 Å². The van der Waals surface area contributed by atoms with Gasteiger partial charge >= 0.3 is 5.97 Å². The van der Waals surface area contributed by atoms with Crippen LogP contribution >= 0.6 is 0 Å². The molecule has 6 heteroatoms. The number of aliphatic hydroxyl groups excluding tert-OH is 1. The summed E-state index contributed by atoms with van der Waals surface area (Å²) in [5, 5.41) is 23.2. The minimum absolute atomic E-state index is 0.0279. The molecule has 38 heavy (non-hydrogen) atoms. The second kappa shape index (κ2) is 8.76. The van der Waals surface area contributed by atoms with Crippen molar-refractivity contribution in [3.63, 3.8) is 0 Å². The van der Waals surface area contributed by atoms with Crippen molar-refractivity contribution < 1.29 is 29.2 Å². The molecule has 4 aliphatic rings. The van der Waals surface area contributed by atoms with Crippen LogP contribution in [-0.2, 0) is 36.4 Å². The third kappa shape index (κ3) is 3.84. The largest absolute Gasteiger partial charge is 0.462 e. The highest BCUT2D eigenvalue weighted by molar-refractivity contribution is 5.66. The lowest BCUT2D eigenvalue weighted by Gasteiger charge is -2.60. The van der Waals surface area contributed by atoms with Crippen molar-refractivity contribution in [3.8, 4) is 0 Å². The SMILES string of the molecule is CC(=O)O[C@H]1C[C@@H](C)[C@@H]2[C@@H](OCc3c(C)ccc4c3[C@@](C)(CO)CC4(C)C)OC[C@@]3(C)CC(C)(C)[C@H]1[C@]23O. The standard InChI is InChI=1S/C32H48O6/c1-18-10-11-22-25(30(8,16-33)14-28(22,4)5)21(18)13-36-27-24-19(2)12-23(38-20(3)34)26-29(6,7)15-31(9,17-37-27)32(24,26)35/h10-11,19,23-24,26-27,33,35H,12-17H2,1-9H3/t19-,23+,24-,26+,27+,30-,31-,32-/m1/s1. The molecule has 1 heterocycles. The molecule has 3 aliphatic carbocycles. The Morgan fingerprint density at radius 1 is 1.13 bits per heavy atom. The third-order valence-electron chi connectivity index (χ3n) is 10.9. The van der Waals surface area contributed by atoms with Crippen LogP contribution in [-0.4, -0.2) is 47.4 Å². The molecule has 8 atom stereocenters. The molecule has 1 aromatic rings. The summed E-state index contributed by atoms with van der Waals surface area (Å²) < 4.78 is 19.0. The average molecular weight is 529 g/mol. The Labute approximate surface area is 228 Å². The first-order valence-corrected chi connectivity index (χ1v) is 14.4. The van der Waals surface area contributed by atoms with E-state index >= 15 is 0 Å². The molecule has 3 fully saturated rings. The molecular weight excluding hydrogens is 480 g/mol. The van der Waals surface area contributed by atoms with Gasteiger partial charge in [-0.3, -0.25) is 4.79 Å². The van der Waals surface area contributed by atoms with Crippen molar-refractivity contribution in [1.29, 1.82) is 0 Å². The quantitative estimate of drug-likeness (QED) is 0.513. The Kier molecular flexibility index (Phi) is 6.47. The number of aliphatic hydroxyl groups is 2. The molecule has 1 aromatic carbocycles. The first kappa shape index (κ1) is 28.1. The fourth-order valence-corrected chi connectivity index (χ4v) is 9.85. The molecule has 0 bridgehead atoms. The van der Waals surface area contributed by atoms with E-state index in [4.69, 9.17) is 14.2 Å². The van der Waals surface area contributed by atoms with Crippen molar-refractivity contribution in [2.75, 3.05) is 13.2 Å². The monoisotopic (exact) mass is 528 g/mol. The number of carbonyl (C=O) groups excluding carboxylic acids is 1. The second-order valence-corrected chi connectivity index (χ2v) is 15.0. The van der Waals surface area contributed by atoms with Crippen LogP contribution in [0.1, 0.15) is 96.9 Å². The molecule has 2 N–H and O–H groups in total. The van der Waals surface area contributed by atoms with Crippen LogP contribution in [0.2, 0.25) is 0 Å². The predicted octanol–water partition coefficient (Wildman–Crippen LogP) is 5.17. The van der Waals surface area contributed by atoms with Gasteiger partial charge in [0.1, 0.15) is 6.10 Å². The zero-order chi connectivity index (χ0) is 28.1. The maximum Gasteiger partial charge on any atom is 0.302 e. The molecule has 0 amide bonds. The Morgan fingerprint density at radius 2 is 1.82 bits per heavy atom. The van der Waals surface area contributed by atoms with Crippen LogP contribution < -0.4 is 0 Å². The summed E-state index contributed by atoms with van der Waals surface area (Å²) in [5.41, 5.74) is 2.65. The van der Waals surface area contributed by atoms with E-state index in [0.29, 0.717) is 19.6 Å². The van der Waals surface area contributed by atoms with Crippen molar-refractivity contribution >= 4 is 5.97 Å². The van der Waals surface area contributed by atoms with Gasteiger partial charge in [0.2, 0.25) is 0 Å². The van der Waals surface area contributed by atoms with Crippen molar-refractivity contribution in [1.82, 2.24) is 0 Å². The Balaban J connectivity index is 1.50. The van der Waals surface area contributed by atoms with E-state index in [0.717, 1.165) is 24.0 Å².